The molecule has 1 saturated heterocycles. The first kappa shape index (κ1) is 16.3. The Hall–Kier alpha value is -2.56. The van der Waals surface area contributed by atoms with E-state index < -0.39 is 0 Å². The van der Waals surface area contributed by atoms with Gasteiger partial charge < -0.3 is 15.0 Å². The summed E-state index contributed by atoms with van der Waals surface area (Å²) in [6, 6.07) is 14.0. The van der Waals surface area contributed by atoms with Crippen LogP contribution in [0.3, 0.4) is 0 Å². The third-order valence-corrected chi connectivity index (χ3v) is 4.29. The second kappa shape index (κ2) is 7.34. The van der Waals surface area contributed by atoms with Crippen molar-refractivity contribution >= 4 is 11.6 Å². The van der Waals surface area contributed by atoms with Gasteiger partial charge in [-0.2, -0.15) is 0 Å². The van der Waals surface area contributed by atoms with Crippen molar-refractivity contribution in [2.75, 3.05) is 25.5 Å². The van der Waals surface area contributed by atoms with E-state index in [4.69, 9.17) is 4.74 Å². The number of rotatable bonds is 4. The van der Waals surface area contributed by atoms with Crippen LogP contribution >= 0.6 is 0 Å². The molecule has 2 aromatic rings. The maximum Gasteiger partial charge on any atom is 0.253 e. The summed E-state index contributed by atoms with van der Waals surface area (Å²) in [7, 11) is 1.65. The fraction of sp³-hybridized carbons (Fsp3) is 0.316. The molecule has 1 aliphatic heterocycles. The first-order valence-electron chi connectivity index (χ1n) is 8.11. The number of nitrogens with zero attached hydrogens (tertiary/aromatic N) is 1. The number of halogens is 1. The van der Waals surface area contributed by atoms with Gasteiger partial charge in [0.05, 0.1) is 7.11 Å². The molecule has 5 heteroatoms. The van der Waals surface area contributed by atoms with Gasteiger partial charge in [0, 0.05) is 36.4 Å². The number of methoxy groups -OCH3 is 1. The van der Waals surface area contributed by atoms with Crippen LogP contribution in [-0.2, 0) is 0 Å². The average molecular weight is 328 g/mol. The van der Waals surface area contributed by atoms with E-state index in [9.17, 15) is 9.18 Å². The predicted molar refractivity (Wildman–Crippen MR) is 91.9 cm³/mol. The highest BCUT2D eigenvalue weighted by Crippen LogP contribution is 2.21. The summed E-state index contributed by atoms with van der Waals surface area (Å²) >= 11 is 0. The maximum absolute atomic E-state index is 13.3. The minimum absolute atomic E-state index is 0.102. The second-order valence-corrected chi connectivity index (χ2v) is 5.95. The van der Waals surface area contributed by atoms with E-state index in [0.717, 1.165) is 24.3 Å². The van der Waals surface area contributed by atoms with Gasteiger partial charge in [-0.15, -0.1) is 0 Å². The molecule has 0 radical (unpaired) electrons. The van der Waals surface area contributed by atoms with Crippen molar-refractivity contribution in [3.05, 3.63) is 59.9 Å². The van der Waals surface area contributed by atoms with Crippen LogP contribution in [0.4, 0.5) is 10.1 Å². The van der Waals surface area contributed by atoms with E-state index in [1.165, 1.54) is 12.1 Å². The van der Waals surface area contributed by atoms with E-state index in [0.29, 0.717) is 24.7 Å². The number of ether oxygens (including phenoxy) is 1. The molecule has 0 saturated carbocycles. The van der Waals surface area contributed by atoms with Gasteiger partial charge in [-0.1, -0.05) is 12.1 Å². The molecule has 24 heavy (non-hydrogen) atoms. The number of nitrogens with one attached hydrogen (secondary N) is 1. The minimum Gasteiger partial charge on any atom is -0.497 e. The summed E-state index contributed by atoms with van der Waals surface area (Å²) in [6.07, 6.45) is 1.72. The van der Waals surface area contributed by atoms with Gasteiger partial charge in [0.15, 0.2) is 0 Å². The van der Waals surface area contributed by atoms with E-state index in [-0.39, 0.29) is 11.7 Å². The smallest absolute Gasteiger partial charge is 0.253 e. The third-order valence-electron chi connectivity index (χ3n) is 4.29. The van der Waals surface area contributed by atoms with Crippen molar-refractivity contribution in [2.24, 2.45) is 0 Å². The largest absolute Gasteiger partial charge is 0.497 e. The number of carbonyl (C=O) groups is 1. The minimum atomic E-state index is -0.379. The van der Waals surface area contributed by atoms with Gasteiger partial charge in [0.2, 0.25) is 0 Å². The SMILES string of the molecule is COc1cccc(NC2CCN(C(=O)c3cccc(F)c3)CC2)c1. The summed E-state index contributed by atoms with van der Waals surface area (Å²) in [5.74, 6) is 0.337. The van der Waals surface area contributed by atoms with Crippen molar-refractivity contribution in [1.29, 1.82) is 0 Å². The summed E-state index contributed by atoms with van der Waals surface area (Å²) in [4.78, 5) is 14.2. The van der Waals surface area contributed by atoms with Crippen LogP contribution in [0, 0.1) is 5.82 Å². The van der Waals surface area contributed by atoms with Crippen molar-refractivity contribution in [2.45, 2.75) is 18.9 Å². The van der Waals surface area contributed by atoms with Crippen LogP contribution in [-0.4, -0.2) is 37.0 Å². The van der Waals surface area contributed by atoms with Crippen molar-refractivity contribution in [1.82, 2.24) is 4.90 Å². The molecule has 0 atom stereocenters. The fourth-order valence-corrected chi connectivity index (χ4v) is 2.98. The lowest BCUT2D eigenvalue weighted by atomic mass is 10.0. The molecule has 1 heterocycles. The Kier molecular flexibility index (Phi) is 4.99. The molecule has 4 nitrogen and oxygen atoms in total. The lowest BCUT2D eigenvalue weighted by molar-refractivity contribution is 0.0718. The first-order chi connectivity index (χ1) is 11.7. The Morgan fingerprint density at radius 3 is 2.62 bits per heavy atom. The summed E-state index contributed by atoms with van der Waals surface area (Å²) in [5.41, 5.74) is 1.43. The van der Waals surface area contributed by atoms with Crippen LogP contribution in [0.1, 0.15) is 23.2 Å². The molecule has 1 amide bonds. The molecule has 0 spiro atoms. The van der Waals surface area contributed by atoms with Crippen molar-refractivity contribution < 1.29 is 13.9 Å². The molecule has 0 aliphatic carbocycles. The highest BCUT2D eigenvalue weighted by atomic mass is 19.1. The van der Waals surface area contributed by atoms with Crippen LogP contribution in [0.15, 0.2) is 48.5 Å². The first-order valence-corrected chi connectivity index (χ1v) is 8.11. The highest BCUT2D eigenvalue weighted by Gasteiger charge is 2.23. The zero-order valence-corrected chi connectivity index (χ0v) is 13.7. The lowest BCUT2D eigenvalue weighted by Crippen LogP contribution is -2.42. The van der Waals surface area contributed by atoms with Gasteiger partial charge in [-0.3, -0.25) is 4.79 Å². The summed E-state index contributed by atoms with van der Waals surface area (Å²) in [6.45, 7) is 1.33. The standard InChI is InChI=1S/C19H21FN2O2/c1-24-18-7-3-6-17(13-18)21-16-8-10-22(11-9-16)19(23)14-4-2-5-15(20)12-14/h2-7,12-13,16,21H,8-11H2,1H3. The molecule has 1 N–H and O–H groups in total. The van der Waals surface area contributed by atoms with Gasteiger partial charge in [-0.05, 0) is 43.2 Å². The average Bonchev–Trinajstić information content (AvgIpc) is 2.62. The Balaban J connectivity index is 1.56. The van der Waals surface area contributed by atoms with E-state index >= 15 is 0 Å². The van der Waals surface area contributed by atoms with E-state index in [2.05, 4.69) is 5.32 Å². The molecule has 1 fully saturated rings. The van der Waals surface area contributed by atoms with Gasteiger partial charge >= 0.3 is 0 Å². The summed E-state index contributed by atoms with van der Waals surface area (Å²) < 4.78 is 18.5. The number of piperidine rings is 1. The number of carbonyl (C=O) groups excluding carboxylic acids is 1. The quantitative estimate of drug-likeness (QED) is 0.933. The Morgan fingerprint density at radius 1 is 1.17 bits per heavy atom. The van der Waals surface area contributed by atoms with Crippen molar-refractivity contribution in [3.8, 4) is 5.75 Å². The van der Waals surface area contributed by atoms with E-state index in [1.807, 2.05) is 24.3 Å². The molecular formula is C19H21FN2O2. The normalized spacial score (nSPS) is 15.2. The van der Waals surface area contributed by atoms with Crippen LogP contribution < -0.4 is 10.1 Å². The monoisotopic (exact) mass is 328 g/mol. The Labute approximate surface area is 141 Å². The molecule has 0 aromatic heterocycles. The number of hydrogen-bond acceptors (Lipinski definition) is 3. The molecule has 1 aliphatic rings. The molecular weight excluding hydrogens is 307 g/mol. The van der Waals surface area contributed by atoms with Gasteiger partial charge in [0.25, 0.3) is 5.91 Å². The zero-order valence-electron chi connectivity index (χ0n) is 13.7. The zero-order chi connectivity index (χ0) is 16.9. The Morgan fingerprint density at radius 2 is 1.92 bits per heavy atom. The molecule has 0 unspecified atom stereocenters. The number of anilines is 1. The fourth-order valence-electron chi connectivity index (χ4n) is 2.98. The van der Waals surface area contributed by atoms with Crippen LogP contribution in [0.25, 0.3) is 0 Å². The third kappa shape index (κ3) is 3.85. The molecule has 0 bridgehead atoms. The highest BCUT2D eigenvalue weighted by molar-refractivity contribution is 5.94. The molecule has 3 rings (SSSR count). The number of likely N-dealkylation sites (tertiary alicyclic amines) is 1. The van der Waals surface area contributed by atoms with E-state index in [1.54, 1.807) is 24.1 Å². The molecule has 126 valence electrons. The van der Waals surface area contributed by atoms with Crippen LogP contribution in [0.5, 0.6) is 5.75 Å². The van der Waals surface area contributed by atoms with Crippen molar-refractivity contribution in [3.63, 3.8) is 0 Å². The predicted octanol–water partition coefficient (Wildman–Crippen LogP) is 3.55. The number of amides is 1. The number of hydrogen-bond donors (Lipinski definition) is 1. The topological polar surface area (TPSA) is 41.6 Å². The lowest BCUT2D eigenvalue weighted by Gasteiger charge is -2.33. The van der Waals surface area contributed by atoms with Gasteiger partial charge in [0.1, 0.15) is 11.6 Å². The van der Waals surface area contributed by atoms with Crippen LogP contribution in [0.2, 0.25) is 0 Å². The molecule has 2 aromatic carbocycles. The second-order valence-electron chi connectivity index (χ2n) is 5.95. The number of benzene rings is 2. The Bertz CT molecular complexity index is 712. The van der Waals surface area contributed by atoms with Gasteiger partial charge in [-0.25, -0.2) is 4.39 Å². The summed E-state index contributed by atoms with van der Waals surface area (Å²) in [5, 5.41) is 3.49. The maximum atomic E-state index is 13.3.